The molecule has 0 bridgehead atoms. The normalized spacial score (nSPS) is 14.9. The van der Waals surface area contributed by atoms with Crippen LogP contribution in [0.25, 0.3) is 0 Å². The van der Waals surface area contributed by atoms with E-state index >= 15 is 0 Å². The molecule has 0 aromatic carbocycles. The minimum absolute atomic E-state index is 0.289. The van der Waals surface area contributed by atoms with Gasteiger partial charge < -0.3 is 5.11 Å². The van der Waals surface area contributed by atoms with Crippen molar-refractivity contribution in [1.82, 2.24) is 0 Å². The molecule has 3 heteroatoms. The zero-order valence-electron chi connectivity index (χ0n) is 8.72. The molecule has 80 valence electrons. The molecule has 0 unspecified atom stereocenters. The molecule has 0 aliphatic heterocycles. The standard InChI is InChI=1S/C11H16F2O/c1-5-7-8-9(6-2)11(12,13)10(3,4)14/h5-8,14H,2H2,1,3-4H3/b7-5-,9-8+. The van der Waals surface area contributed by atoms with E-state index in [9.17, 15) is 13.9 Å². The highest BCUT2D eigenvalue weighted by Crippen LogP contribution is 2.35. The predicted octanol–water partition coefficient (Wildman–Crippen LogP) is 3.08. The van der Waals surface area contributed by atoms with Crippen LogP contribution >= 0.6 is 0 Å². The monoisotopic (exact) mass is 202 g/mol. The molecule has 0 atom stereocenters. The Morgan fingerprint density at radius 2 is 1.86 bits per heavy atom. The average molecular weight is 202 g/mol. The van der Waals surface area contributed by atoms with Crippen molar-refractivity contribution in [3.8, 4) is 0 Å². The van der Waals surface area contributed by atoms with Gasteiger partial charge in [0.25, 0.3) is 0 Å². The summed E-state index contributed by atoms with van der Waals surface area (Å²) < 4.78 is 27.0. The van der Waals surface area contributed by atoms with Gasteiger partial charge in [0.05, 0.1) is 0 Å². The molecule has 0 aromatic rings. The summed E-state index contributed by atoms with van der Waals surface area (Å²) in [6.07, 6.45) is 5.41. The van der Waals surface area contributed by atoms with Crippen LogP contribution in [-0.4, -0.2) is 16.6 Å². The minimum Gasteiger partial charge on any atom is -0.384 e. The first-order chi connectivity index (χ1) is 6.27. The van der Waals surface area contributed by atoms with Crippen molar-refractivity contribution in [3.63, 3.8) is 0 Å². The van der Waals surface area contributed by atoms with Crippen molar-refractivity contribution >= 4 is 0 Å². The van der Waals surface area contributed by atoms with Gasteiger partial charge in [-0.05, 0) is 20.8 Å². The highest BCUT2D eigenvalue weighted by molar-refractivity contribution is 5.31. The fourth-order valence-electron chi connectivity index (χ4n) is 0.854. The van der Waals surface area contributed by atoms with Gasteiger partial charge >= 0.3 is 5.92 Å². The molecule has 0 heterocycles. The second kappa shape index (κ2) is 4.51. The molecular weight excluding hydrogens is 186 g/mol. The molecule has 0 saturated carbocycles. The Kier molecular flexibility index (Phi) is 4.20. The minimum atomic E-state index is -3.30. The van der Waals surface area contributed by atoms with Gasteiger partial charge in [-0.2, -0.15) is 8.78 Å². The van der Waals surface area contributed by atoms with Crippen LogP contribution in [0.3, 0.4) is 0 Å². The molecule has 0 spiro atoms. The van der Waals surface area contributed by atoms with Gasteiger partial charge in [-0.1, -0.05) is 30.9 Å². The highest BCUT2D eigenvalue weighted by atomic mass is 19.3. The van der Waals surface area contributed by atoms with Crippen LogP contribution in [0, 0.1) is 0 Å². The number of halogens is 2. The van der Waals surface area contributed by atoms with E-state index in [1.165, 1.54) is 12.2 Å². The summed E-state index contributed by atoms with van der Waals surface area (Å²) >= 11 is 0. The molecule has 14 heavy (non-hydrogen) atoms. The van der Waals surface area contributed by atoms with Gasteiger partial charge in [0, 0.05) is 5.57 Å². The number of hydrogen-bond acceptors (Lipinski definition) is 1. The maximum Gasteiger partial charge on any atom is 0.300 e. The molecule has 0 saturated heterocycles. The third-order valence-corrected chi connectivity index (χ3v) is 1.82. The third-order valence-electron chi connectivity index (χ3n) is 1.82. The molecule has 0 aromatic heterocycles. The number of alkyl halides is 2. The van der Waals surface area contributed by atoms with Crippen molar-refractivity contribution in [3.05, 3.63) is 36.5 Å². The number of allylic oxidation sites excluding steroid dienone is 4. The van der Waals surface area contributed by atoms with E-state index in [2.05, 4.69) is 6.58 Å². The first-order valence-corrected chi connectivity index (χ1v) is 4.33. The van der Waals surface area contributed by atoms with Crippen LogP contribution in [0.2, 0.25) is 0 Å². The van der Waals surface area contributed by atoms with Crippen LogP contribution in [-0.2, 0) is 0 Å². The van der Waals surface area contributed by atoms with Crippen LogP contribution < -0.4 is 0 Å². The Hall–Kier alpha value is -0.960. The Bertz CT molecular complexity index is 257. The van der Waals surface area contributed by atoms with E-state index in [0.717, 1.165) is 19.9 Å². The number of hydrogen-bond donors (Lipinski definition) is 1. The smallest absolute Gasteiger partial charge is 0.300 e. The SMILES string of the molecule is C=C/C(=C\C=C/C)C(F)(F)C(C)(C)O. The first kappa shape index (κ1) is 13.0. The van der Waals surface area contributed by atoms with E-state index in [1.807, 2.05) is 0 Å². The molecule has 1 N–H and O–H groups in total. The molecule has 0 aliphatic rings. The fourth-order valence-corrected chi connectivity index (χ4v) is 0.854. The van der Waals surface area contributed by atoms with Crippen molar-refractivity contribution < 1.29 is 13.9 Å². The average Bonchev–Trinajstić information content (AvgIpc) is 2.03. The summed E-state index contributed by atoms with van der Waals surface area (Å²) in [6.45, 7) is 7.16. The van der Waals surface area contributed by atoms with Gasteiger partial charge in [-0.25, -0.2) is 0 Å². The van der Waals surface area contributed by atoms with E-state index in [4.69, 9.17) is 0 Å². The van der Waals surface area contributed by atoms with E-state index in [-0.39, 0.29) is 5.57 Å². The lowest BCUT2D eigenvalue weighted by molar-refractivity contribution is -0.132. The second-order valence-electron chi connectivity index (χ2n) is 3.49. The zero-order chi connectivity index (χ0) is 11.4. The van der Waals surface area contributed by atoms with Crippen LogP contribution in [0.1, 0.15) is 20.8 Å². The zero-order valence-corrected chi connectivity index (χ0v) is 8.72. The summed E-state index contributed by atoms with van der Waals surface area (Å²) in [5.41, 5.74) is -2.38. The Morgan fingerprint density at radius 3 is 2.14 bits per heavy atom. The Balaban J connectivity index is 5.13. The number of aliphatic hydroxyl groups is 1. The summed E-state index contributed by atoms with van der Waals surface area (Å²) in [4.78, 5) is 0. The van der Waals surface area contributed by atoms with Gasteiger partial charge in [-0.3, -0.25) is 0 Å². The molecule has 1 nitrogen and oxygen atoms in total. The van der Waals surface area contributed by atoms with Gasteiger partial charge in [0.15, 0.2) is 0 Å². The van der Waals surface area contributed by atoms with Gasteiger partial charge in [0.2, 0.25) is 0 Å². The van der Waals surface area contributed by atoms with Crippen molar-refractivity contribution in [2.45, 2.75) is 32.3 Å². The lowest BCUT2D eigenvalue weighted by Gasteiger charge is -2.29. The first-order valence-electron chi connectivity index (χ1n) is 4.33. The molecule has 0 aliphatic carbocycles. The maximum absolute atomic E-state index is 13.5. The number of rotatable bonds is 4. The molecule has 0 amide bonds. The topological polar surface area (TPSA) is 20.2 Å². The second-order valence-corrected chi connectivity index (χ2v) is 3.49. The molecule has 0 fully saturated rings. The summed E-state index contributed by atoms with van der Waals surface area (Å²) in [5, 5.41) is 9.28. The van der Waals surface area contributed by atoms with E-state index in [0.29, 0.717) is 0 Å². The van der Waals surface area contributed by atoms with Gasteiger partial charge in [-0.15, -0.1) is 0 Å². The van der Waals surface area contributed by atoms with Crippen LogP contribution in [0.4, 0.5) is 8.78 Å². The van der Waals surface area contributed by atoms with Crippen LogP contribution in [0.5, 0.6) is 0 Å². The van der Waals surface area contributed by atoms with E-state index in [1.54, 1.807) is 13.0 Å². The summed E-state index contributed by atoms with van der Waals surface area (Å²) in [7, 11) is 0. The van der Waals surface area contributed by atoms with Gasteiger partial charge in [0.1, 0.15) is 5.60 Å². The van der Waals surface area contributed by atoms with Crippen LogP contribution in [0.15, 0.2) is 36.5 Å². The largest absolute Gasteiger partial charge is 0.384 e. The summed E-state index contributed by atoms with van der Waals surface area (Å²) in [6, 6.07) is 0. The lowest BCUT2D eigenvalue weighted by atomic mass is 9.93. The Labute approximate surface area is 83.4 Å². The third kappa shape index (κ3) is 2.77. The highest BCUT2D eigenvalue weighted by Gasteiger charge is 2.47. The quantitative estimate of drug-likeness (QED) is 0.694. The van der Waals surface area contributed by atoms with E-state index < -0.39 is 11.5 Å². The van der Waals surface area contributed by atoms with Crippen molar-refractivity contribution in [1.29, 1.82) is 0 Å². The molecule has 0 rings (SSSR count). The lowest BCUT2D eigenvalue weighted by Crippen LogP contribution is -2.43. The molecular formula is C11H16F2O. The van der Waals surface area contributed by atoms with Crippen molar-refractivity contribution in [2.24, 2.45) is 0 Å². The van der Waals surface area contributed by atoms with Crippen molar-refractivity contribution in [2.75, 3.05) is 0 Å². The predicted molar refractivity (Wildman–Crippen MR) is 54.3 cm³/mol. The molecule has 0 radical (unpaired) electrons. The fraction of sp³-hybridized carbons (Fsp3) is 0.455. The summed E-state index contributed by atoms with van der Waals surface area (Å²) in [5.74, 6) is -3.30. The maximum atomic E-state index is 13.5. The Morgan fingerprint density at radius 1 is 1.36 bits per heavy atom.